The van der Waals surface area contributed by atoms with Gasteiger partial charge in [0.05, 0.1) is 0 Å². The number of hydrogen-bond donors (Lipinski definition) is 2. The topological polar surface area (TPSA) is 120 Å². The number of piperidine rings is 1. The number of likely N-dealkylation sites (tertiary alicyclic amines) is 2. The standard InChI is InChI=1S/C18H25N3O2.2C2HF3O2/c22-18-4-3-16-17(21(18)13-14-2-1-8-19-12-14)5-9-20(16)15-6-10-23-11-7-15;2*3-2(4,5)1(6)7/h1-2,8,12,15-17H,3-7,9-11,13H2;2*(H,6,7)/t16-,17-;;/m0../s1. The molecule has 208 valence electrons. The number of aliphatic carboxylic acids is 2. The smallest absolute Gasteiger partial charge is 0.475 e. The Morgan fingerprint density at radius 1 is 0.973 bits per heavy atom. The maximum absolute atomic E-state index is 12.5. The lowest BCUT2D eigenvalue weighted by Gasteiger charge is -2.43. The van der Waals surface area contributed by atoms with Crippen molar-refractivity contribution in [1.29, 1.82) is 0 Å². The molecule has 15 heteroatoms. The van der Waals surface area contributed by atoms with Crippen LogP contribution >= 0.6 is 0 Å². The van der Waals surface area contributed by atoms with Crippen LogP contribution in [-0.4, -0.2) is 93.1 Å². The zero-order valence-electron chi connectivity index (χ0n) is 19.5. The number of carbonyl (C=O) groups excluding carboxylic acids is 1. The van der Waals surface area contributed by atoms with Crippen LogP contribution in [0.2, 0.25) is 0 Å². The summed E-state index contributed by atoms with van der Waals surface area (Å²) < 4.78 is 69.0. The van der Waals surface area contributed by atoms with E-state index >= 15 is 0 Å². The van der Waals surface area contributed by atoms with E-state index in [9.17, 15) is 31.1 Å². The van der Waals surface area contributed by atoms with Crippen molar-refractivity contribution in [2.24, 2.45) is 0 Å². The average molecular weight is 543 g/mol. The summed E-state index contributed by atoms with van der Waals surface area (Å²) >= 11 is 0. The molecule has 0 aliphatic carbocycles. The molecule has 3 fully saturated rings. The summed E-state index contributed by atoms with van der Waals surface area (Å²) in [6.07, 6.45) is -1.42. The fourth-order valence-corrected chi connectivity index (χ4v) is 4.55. The zero-order chi connectivity index (χ0) is 27.8. The number of aromatic nitrogens is 1. The Labute approximate surface area is 208 Å². The number of halogens is 6. The van der Waals surface area contributed by atoms with Crippen LogP contribution in [0.3, 0.4) is 0 Å². The van der Waals surface area contributed by atoms with Gasteiger partial charge in [-0.2, -0.15) is 26.3 Å². The molecule has 1 aromatic rings. The summed E-state index contributed by atoms with van der Waals surface area (Å²) in [7, 11) is 0. The van der Waals surface area contributed by atoms with E-state index in [0.717, 1.165) is 51.0 Å². The van der Waals surface area contributed by atoms with Gasteiger partial charge in [-0.1, -0.05) is 6.07 Å². The van der Waals surface area contributed by atoms with E-state index in [1.165, 1.54) is 0 Å². The molecular weight excluding hydrogens is 516 g/mol. The second kappa shape index (κ2) is 13.0. The van der Waals surface area contributed by atoms with Crippen molar-refractivity contribution in [3.63, 3.8) is 0 Å². The fourth-order valence-electron chi connectivity index (χ4n) is 4.55. The monoisotopic (exact) mass is 543 g/mol. The van der Waals surface area contributed by atoms with E-state index in [-0.39, 0.29) is 0 Å². The number of ether oxygens (including phenoxy) is 1. The zero-order valence-corrected chi connectivity index (χ0v) is 19.5. The number of nitrogens with zero attached hydrogens (tertiary/aromatic N) is 3. The maximum Gasteiger partial charge on any atom is 0.490 e. The molecule has 2 atom stereocenters. The molecule has 1 aromatic heterocycles. The quantitative estimate of drug-likeness (QED) is 0.559. The van der Waals surface area contributed by atoms with Gasteiger partial charge in [0.2, 0.25) is 5.91 Å². The van der Waals surface area contributed by atoms with Crippen LogP contribution in [0.25, 0.3) is 0 Å². The number of pyridine rings is 1. The average Bonchev–Trinajstić information content (AvgIpc) is 3.26. The normalized spacial score (nSPS) is 22.8. The van der Waals surface area contributed by atoms with Crippen molar-refractivity contribution in [3.8, 4) is 0 Å². The lowest BCUT2D eigenvalue weighted by Crippen LogP contribution is -2.54. The molecule has 3 saturated heterocycles. The van der Waals surface area contributed by atoms with Gasteiger partial charge in [0, 0.05) is 63.2 Å². The number of rotatable bonds is 3. The number of carboxylic acids is 2. The van der Waals surface area contributed by atoms with Gasteiger partial charge in [-0.15, -0.1) is 0 Å². The van der Waals surface area contributed by atoms with Gasteiger partial charge in [0.25, 0.3) is 0 Å². The Bertz CT molecular complexity index is 884. The first-order chi connectivity index (χ1) is 17.2. The molecule has 0 saturated carbocycles. The molecule has 3 aliphatic heterocycles. The second-order valence-corrected chi connectivity index (χ2v) is 8.53. The van der Waals surface area contributed by atoms with E-state index in [1.54, 1.807) is 6.20 Å². The van der Waals surface area contributed by atoms with Gasteiger partial charge in [-0.3, -0.25) is 14.7 Å². The molecule has 37 heavy (non-hydrogen) atoms. The summed E-state index contributed by atoms with van der Waals surface area (Å²) in [5.41, 5.74) is 1.13. The molecule has 4 rings (SSSR count). The Balaban J connectivity index is 0.000000286. The van der Waals surface area contributed by atoms with Crippen molar-refractivity contribution in [2.75, 3.05) is 19.8 Å². The van der Waals surface area contributed by atoms with Gasteiger partial charge in [0.1, 0.15) is 0 Å². The van der Waals surface area contributed by atoms with Crippen molar-refractivity contribution < 1.29 is 55.7 Å². The van der Waals surface area contributed by atoms with Crippen LogP contribution in [0.5, 0.6) is 0 Å². The number of fused-ring (bicyclic) bond motifs is 1. The first-order valence-electron chi connectivity index (χ1n) is 11.3. The van der Waals surface area contributed by atoms with E-state index < -0.39 is 24.3 Å². The summed E-state index contributed by atoms with van der Waals surface area (Å²) in [6, 6.07) is 5.57. The maximum atomic E-state index is 12.5. The number of alkyl halides is 6. The van der Waals surface area contributed by atoms with Crippen LogP contribution in [0.4, 0.5) is 26.3 Å². The number of amides is 1. The molecule has 0 aromatic carbocycles. The molecule has 0 radical (unpaired) electrons. The Morgan fingerprint density at radius 3 is 2.03 bits per heavy atom. The van der Waals surface area contributed by atoms with Gasteiger partial charge in [-0.05, 0) is 37.3 Å². The molecule has 4 heterocycles. The van der Waals surface area contributed by atoms with Gasteiger partial charge < -0.3 is 19.8 Å². The molecule has 1 amide bonds. The highest BCUT2D eigenvalue weighted by atomic mass is 19.4. The highest BCUT2D eigenvalue weighted by Gasteiger charge is 2.45. The third-order valence-electron chi connectivity index (χ3n) is 6.15. The van der Waals surface area contributed by atoms with Crippen LogP contribution < -0.4 is 0 Å². The second-order valence-electron chi connectivity index (χ2n) is 8.53. The van der Waals surface area contributed by atoms with Crippen molar-refractivity contribution in [3.05, 3.63) is 30.1 Å². The van der Waals surface area contributed by atoms with Gasteiger partial charge >= 0.3 is 24.3 Å². The van der Waals surface area contributed by atoms with Crippen LogP contribution in [-0.2, 0) is 25.7 Å². The molecular formula is C22H27F6N3O6. The molecule has 0 unspecified atom stereocenters. The first kappa shape index (κ1) is 30.3. The Hall–Kier alpha value is -2.94. The predicted molar refractivity (Wildman–Crippen MR) is 114 cm³/mol. The molecule has 9 nitrogen and oxygen atoms in total. The van der Waals surface area contributed by atoms with Gasteiger partial charge in [0.15, 0.2) is 0 Å². The summed E-state index contributed by atoms with van der Waals surface area (Å²) in [5, 5.41) is 14.2. The highest BCUT2D eigenvalue weighted by molar-refractivity contribution is 5.77. The van der Waals surface area contributed by atoms with E-state index in [1.807, 2.05) is 12.3 Å². The van der Waals surface area contributed by atoms with Crippen LogP contribution in [0, 0.1) is 0 Å². The summed E-state index contributed by atoms with van der Waals surface area (Å²) in [5.74, 6) is -5.20. The minimum absolute atomic E-state index is 0.309. The number of carboxylic acid groups (broad SMARTS) is 2. The Morgan fingerprint density at radius 2 is 1.54 bits per heavy atom. The minimum Gasteiger partial charge on any atom is -0.475 e. The molecule has 3 aliphatic rings. The molecule has 0 bridgehead atoms. The SMILES string of the molecule is O=C(O)C(F)(F)F.O=C(O)C(F)(F)F.O=C1CC[C@H]2[C@H](CCN2C2CCOCC2)N1Cc1cccnc1. The van der Waals surface area contributed by atoms with E-state index in [0.29, 0.717) is 37.0 Å². The van der Waals surface area contributed by atoms with Crippen LogP contribution in [0.15, 0.2) is 24.5 Å². The minimum atomic E-state index is -5.08. The van der Waals surface area contributed by atoms with E-state index in [4.69, 9.17) is 24.5 Å². The molecule has 0 spiro atoms. The summed E-state index contributed by atoms with van der Waals surface area (Å²) in [6.45, 7) is 3.60. The largest absolute Gasteiger partial charge is 0.490 e. The fraction of sp³-hybridized carbons (Fsp3) is 0.636. The Kier molecular flexibility index (Phi) is 10.7. The van der Waals surface area contributed by atoms with E-state index in [2.05, 4.69) is 20.9 Å². The van der Waals surface area contributed by atoms with Crippen molar-refractivity contribution in [1.82, 2.24) is 14.8 Å². The number of carbonyl (C=O) groups is 3. The lowest BCUT2D eigenvalue weighted by molar-refractivity contribution is -0.193. The molecule has 2 N–H and O–H groups in total. The first-order valence-corrected chi connectivity index (χ1v) is 11.3. The third kappa shape index (κ3) is 9.14. The van der Waals surface area contributed by atoms with Crippen molar-refractivity contribution >= 4 is 17.8 Å². The van der Waals surface area contributed by atoms with Crippen molar-refractivity contribution in [2.45, 2.75) is 69.1 Å². The third-order valence-corrected chi connectivity index (χ3v) is 6.15. The van der Waals surface area contributed by atoms with Crippen LogP contribution in [0.1, 0.15) is 37.7 Å². The predicted octanol–water partition coefficient (Wildman–Crippen LogP) is 3.09. The number of hydrogen-bond acceptors (Lipinski definition) is 6. The highest BCUT2D eigenvalue weighted by Crippen LogP contribution is 2.35. The van der Waals surface area contributed by atoms with Gasteiger partial charge in [-0.25, -0.2) is 9.59 Å². The summed E-state index contributed by atoms with van der Waals surface area (Å²) in [4.78, 5) is 39.3. The lowest BCUT2D eigenvalue weighted by atomic mass is 9.94.